The lowest BCUT2D eigenvalue weighted by Gasteiger charge is -2.21. The Morgan fingerprint density at radius 2 is 1.81 bits per heavy atom. The van der Waals surface area contributed by atoms with Crippen LogP contribution in [0.25, 0.3) is 0 Å². The first kappa shape index (κ1) is 24.7. The van der Waals surface area contributed by atoms with E-state index in [-0.39, 0.29) is 6.04 Å². The molecule has 31 heavy (non-hydrogen) atoms. The molecule has 0 aliphatic rings. The van der Waals surface area contributed by atoms with Crippen molar-refractivity contribution in [1.82, 2.24) is 14.9 Å². The van der Waals surface area contributed by atoms with E-state index in [1.54, 1.807) is 33.3 Å². The van der Waals surface area contributed by atoms with Crippen LogP contribution in [-0.4, -0.2) is 52.5 Å². The van der Waals surface area contributed by atoms with Gasteiger partial charge in [-0.2, -0.15) is 4.31 Å². The maximum Gasteiger partial charge on any atom is 0.243 e. The van der Waals surface area contributed by atoms with Gasteiger partial charge in [0, 0.05) is 33.2 Å². The molecule has 2 aromatic carbocycles. The second-order valence-electron chi connectivity index (χ2n) is 7.68. The van der Waals surface area contributed by atoms with Crippen molar-refractivity contribution in [3.63, 3.8) is 0 Å². The second-order valence-corrected chi connectivity index (χ2v) is 9.67. The molecule has 7 nitrogen and oxygen atoms in total. The number of benzene rings is 2. The number of nitrogens with zero attached hydrogens (tertiary/aromatic N) is 2. The second kappa shape index (κ2) is 11.2. The van der Waals surface area contributed by atoms with Crippen LogP contribution in [0.1, 0.15) is 30.5 Å². The smallest absolute Gasteiger partial charge is 0.243 e. The van der Waals surface area contributed by atoms with Crippen molar-refractivity contribution in [2.45, 2.75) is 44.7 Å². The molecule has 2 rings (SSSR count). The average molecular weight is 447 g/mol. The molecule has 170 valence electrons. The van der Waals surface area contributed by atoms with Crippen molar-refractivity contribution in [2.75, 3.05) is 27.7 Å². The highest BCUT2D eigenvalue weighted by Gasteiger charge is 2.22. The lowest BCUT2D eigenvalue weighted by atomic mass is 10.1. The molecule has 2 N–H and O–H groups in total. The van der Waals surface area contributed by atoms with Crippen LogP contribution in [0.4, 0.5) is 0 Å². The number of ether oxygens (including phenoxy) is 1. The predicted molar refractivity (Wildman–Crippen MR) is 126 cm³/mol. The van der Waals surface area contributed by atoms with Crippen molar-refractivity contribution in [2.24, 2.45) is 4.99 Å². The first-order chi connectivity index (χ1) is 14.7. The maximum atomic E-state index is 12.6. The number of sulfonamides is 1. The van der Waals surface area contributed by atoms with E-state index >= 15 is 0 Å². The molecule has 0 spiro atoms. The molecule has 0 unspecified atom stereocenters. The monoisotopic (exact) mass is 446 g/mol. The van der Waals surface area contributed by atoms with Gasteiger partial charge in [-0.05, 0) is 56.5 Å². The lowest BCUT2D eigenvalue weighted by Crippen LogP contribution is -2.37. The Labute approximate surface area is 186 Å². The number of aryl methyl sites for hydroxylation is 1. The summed E-state index contributed by atoms with van der Waals surface area (Å²) in [5.74, 6) is 1.57. The van der Waals surface area contributed by atoms with Crippen molar-refractivity contribution < 1.29 is 13.2 Å². The molecule has 0 saturated heterocycles. The molecular weight excluding hydrogens is 412 g/mol. The van der Waals surface area contributed by atoms with Crippen LogP contribution in [0.15, 0.2) is 52.4 Å². The minimum Gasteiger partial charge on any atom is -0.496 e. The summed E-state index contributed by atoms with van der Waals surface area (Å²) >= 11 is 0. The highest BCUT2D eigenvalue weighted by molar-refractivity contribution is 7.89. The first-order valence-corrected chi connectivity index (χ1v) is 11.8. The van der Waals surface area contributed by atoms with Crippen molar-refractivity contribution >= 4 is 16.0 Å². The topological polar surface area (TPSA) is 83.0 Å². The Morgan fingerprint density at radius 3 is 2.39 bits per heavy atom. The Kier molecular flexibility index (Phi) is 8.88. The fraction of sp³-hybridized carbons (Fsp3) is 0.435. The van der Waals surface area contributed by atoms with Gasteiger partial charge in [-0.15, -0.1) is 0 Å². The number of aliphatic imine (C=N–C) groups is 1. The van der Waals surface area contributed by atoms with Gasteiger partial charge in [0.15, 0.2) is 5.96 Å². The largest absolute Gasteiger partial charge is 0.496 e. The maximum absolute atomic E-state index is 12.6. The third-order valence-corrected chi connectivity index (χ3v) is 7.18. The Morgan fingerprint density at radius 1 is 1.13 bits per heavy atom. The molecule has 0 radical (unpaired) electrons. The summed E-state index contributed by atoms with van der Waals surface area (Å²) in [4.78, 5) is 4.55. The quantitative estimate of drug-likeness (QED) is 0.457. The van der Waals surface area contributed by atoms with E-state index in [1.165, 1.54) is 9.87 Å². The molecule has 8 heteroatoms. The van der Waals surface area contributed by atoms with Crippen molar-refractivity contribution in [3.8, 4) is 5.75 Å². The molecule has 0 aliphatic heterocycles. The molecule has 0 atom stereocenters. The molecule has 2 aromatic rings. The fourth-order valence-electron chi connectivity index (χ4n) is 3.05. The number of hydrogen-bond acceptors (Lipinski definition) is 4. The van der Waals surface area contributed by atoms with E-state index in [1.807, 2.05) is 38.1 Å². The van der Waals surface area contributed by atoms with Crippen molar-refractivity contribution in [1.29, 1.82) is 0 Å². The molecule has 0 amide bonds. The van der Waals surface area contributed by atoms with Crippen LogP contribution < -0.4 is 15.4 Å². The van der Waals surface area contributed by atoms with E-state index in [0.717, 1.165) is 23.3 Å². The minimum absolute atomic E-state index is 0.0967. The van der Waals surface area contributed by atoms with Crippen LogP contribution in [0.3, 0.4) is 0 Å². The average Bonchev–Trinajstić information content (AvgIpc) is 2.75. The van der Waals surface area contributed by atoms with Crippen LogP contribution in [0.2, 0.25) is 0 Å². The number of hydrogen-bond donors (Lipinski definition) is 2. The third-order valence-electron chi connectivity index (χ3n) is 5.13. The molecular formula is C23H34N4O3S. The van der Waals surface area contributed by atoms with Gasteiger partial charge >= 0.3 is 0 Å². The fourth-order valence-corrected chi connectivity index (χ4v) is 4.42. The van der Waals surface area contributed by atoms with E-state index in [2.05, 4.69) is 28.6 Å². The molecule has 0 bridgehead atoms. The zero-order valence-electron chi connectivity index (χ0n) is 19.3. The summed E-state index contributed by atoms with van der Waals surface area (Å²) in [7, 11) is 1.53. The molecule has 0 saturated carbocycles. The summed E-state index contributed by atoms with van der Waals surface area (Å²) in [5.41, 5.74) is 3.31. The summed E-state index contributed by atoms with van der Waals surface area (Å²) in [6.07, 6.45) is 0.807. The summed E-state index contributed by atoms with van der Waals surface area (Å²) < 4.78 is 31.9. The standard InChI is InChI=1S/C23H34N4O3S/c1-17(2)27(5)31(28,29)21-10-8-19(9-11-21)16-26-23(24-4)25-14-13-20-15-18(3)7-12-22(20)30-6/h7-12,15,17H,13-14,16H2,1-6H3,(H2,24,25,26). The number of guanidine groups is 1. The third kappa shape index (κ3) is 6.70. The molecule has 0 fully saturated rings. The summed E-state index contributed by atoms with van der Waals surface area (Å²) in [5, 5.41) is 6.56. The van der Waals surface area contributed by atoms with E-state index in [4.69, 9.17) is 4.74 Å². The SMILES string of the molecule is CN=C(NCCc1cc(C)ccc1OC)NCc1ccc(S(=O)(=O)N(C)C(C)C)cc1. The van der Waals surface area contributed by atoms with Gasteiger partial charge in [-0.25, -0.2) is 8.42 Å². The molecule has 0 aliphatic carbocycles. The van der Waals surface area contributed by atoms with Crippen LogP contribution in [0, 0.1) is 6.92 Å². The van der Waals surface area contributed by atoms with Gasteiger partial charge in [0.1, 0.15) is 5.75 Å². The zero-order chi connectivity index (χ0) is 23.0. The normalized spacial score (nSPS) is 12.3. The first-order valence-electron chi connectivity index (χ1n) is 10.3. The highest BCUT2D eigenvalue weighted by atomic mass is 32.2. The Bertz CT molecular complexity index is 986. The van der Waals surface area contributed by atoms with Gasteiger partial charge in [-0.3, -0.25) is 4.99 Å². The summed E-state index contributed by atoms with van der Waals surface area (Å²) in [6, 6.07) is 13.0. The van der Waals surface area contributed by atoms with E-state index < -0.39 is 10.0 Å². The van der Waals surface area contributed by atoms with Crippen LogP contribution >= 0.6 is 0 Å². The minimum atomic E-state index is -3.47. The highest BCUT2D eigenvalue weighted by Crippen LogP contribution is 2.20. The van der Waals surface area contributed by atoms with Gasteiger partial charge in [0.25, 0.3) is 0 Å². The van der Waals surface area contributed by atoms with Gasteiger partial charge < -0.3 is 15.4 Å². The van der Waals surface area contributed by atoms with Crippen LogP contribution in [-0.2, 0) is 23.0 Å². The van der Waals surface area contributed by atoms with E-state index in [0.29, 0.717) is 23.9 Å². The number of nitrogens with one attached hydrogen (secondary N) is 2. The predicted octanol–water partition coefficient (Wildman–Crippen LogP) is 2.94. The Balaban J connectivity index is 1.91. The number of methoxy groups -OCH3 is 1. The lowest BCUT2D eigenvalue weighted by molar-refractivity contribution is 0.409. The van der Waals surface area contributed by atoms with Gasteiger partial charge in [0.05, 0.1) is 12.0 Å². The molecule has 0 heterocycles. The van der Waals surface area contributed by atoms with Gasteiger partial charge in [-0.1, -0.05) is 29.8 Å². The zero-order valence-corrected chi connectivity index (χ0v) is 20.1. The Hall–Kier alpha value is -2.58. The van der Waals surface area contributed by atoms with Gasteiger partial charge in [0.2, 0.25) is 10.0 Å². The van der Waals surface area contributed by atoms with Crippen molar-refractivity contribution in [3.05, 3.63) is 59.2 Å². The molecule has 0 aromatic heterocycles. The van der Waals surface area contributed by atoms with Crippen LogP contribution in [0.5, 0.6) is 5.75 Å². The summed E-state index contributed by atoms with van der Waals surface area (Å²) in [6.45, 7) is 7.01. The van der Waals surface area contributed by atoms with E-state index in [9.17, 15) is 8.42 Å². The number of rotatable bonds is 9.